The summed E-state index contributed by atoms with van der Waals surface area (Å²) < 4.78 is 15.7. The van der Waals surface area contributed by atoms with Gasteiger partial charge in [0.1, 0.15) is 23.9 Å². The first-order chi connectivity index (χ1) is 16.9. The lowest BCUT2D eigenvalue weighted by Crippen LogP contribution is -2.31. The van der Waals surface area contributed by atoms with Gasteiger partial charge in [0.2, 0.25) is 5.69 Å². The minimum Gasteiger partial charge on any atom is -0.456 e. The van der Waals surface area contributed by atoms with E-state index < -0.39 is 0 Å². The average molecular weight is 479 g/mol. The largest absolute Gasteiger partial charge is 0.456 e. The molecule has 0 aliphatic carbocycles. The Hall–Kier alpha value is -3.33. The summed E-state index contributed by atoms with van der Waals surface area (Å²) in [5.74, 6) is 2.83. The van der Waals surface area contributed by atoms with Gasteiger partial charge in [-0.1, -0.05) is 65.8 Å². The molecular weight excluding hydrogens is 442 g/mol. The molecule has 3 aromatic carbocycles. The number of aromatic nitrogens is 1. The maximum Gasteiger partial charge on any atom is 0.231 e. The van der Waals surface area contributed by atoms with Crippen LogP contribution in [0.2, 0.25) is 0 Å². The van der Waals surface area contributed by atoms with Gasteiger partial charge in [-0.15, -0.1) is 0 Å². The number of hydrogen-bond donors (Lipinski definition) is 0. The highest BCUT2D eigenvalue weighted by atomic mass is 16.5. The van der Waals surface area contributed by atoms with Crippen LogP contribution in [-0.4, -0.2) is 0 Å². The first kappa shape index (κ1) is 23.1. The molecule has 0 spiro atoms. The van der Waals surface area contributed by atoms with E-state index in [-0.39, 0.29) is 10.8 Å². The van der Waals surface area contributed by atoms with E-state index >= 15 is 0 Å². The summed E-state index contributed by atoms with van der Waals surface area (Å²) in [5, 5.41) is 6.22. The Labute approximate surface area is 213 Å². The van der Waals surface area contributed by atoms with Gasteiger partial charge in [-0.25, -0.2) is 0 Å². The fraction of sp³-hybridized carbons (Fsp3) is 0.364. The molecule has 36 heavy (non-hydrogen) atoms. The fourth-order valence-corrected chi connectivity index (χ4v) is 5.84. The lowest BCUT2D eigenvalue weighted by molar-refractivity contribution is -0.659. The van der Waals surface area contributed by atoms with Crippen LogP contribution in [0.4, 0.5) is 0 Å². The maximum absolute atomic E-state index is 6.99. The van der Waals surface area contributed by atoms with Gasteiger partial charge in [0.05, 0.1) is 5.56 Å². The third-order valence-electron chi connectivity index (χ3n) is 7.33. The molecule has 0 saturated carbocycles. The number of furan rings is 1. The molecule has 184 valence electrons. The molecule has 0 N–H and O–H groups in total. The van der Waals surface area contributed by atoms with Crippen molar-refractivity contribution in [3.63, 3.8) is 0 Å². The number of pyridine rings is 1. The number of aryl methyl sites for hydroxylation is 2. The predicted molar refractivity (Wildman–Crippen MR) is 149 cm³/mol. The van der Waals surface area contributed by atoms with Gasteiger partial charge in [0.15, 0.2) is 17.5 Å². The minimum absolute atomic E-state index is 0.0861. The standard InChI is InChI=1S/C33H36NO2/c1-19-22-15-20-11-9-10-12-21(20)16-23(22)24(17-32(2,3)4)30-27(19)29-28-25(13-14-34(29)8)35-26(31(28)36-30)18-33(5,6)7/h9-16H,17-18H2,1-8H3/q+1. The lowest BCUT2D eigenvalue weighted by Gasteiger charge is -2.27. The Balaban J connectivity index is 1.77. The zero-order valence-corrected chi connectivity index (χ0v) is 22.8. The highest BCUT2D eigenvalue weighted by Gasteiger charge is 2.37. The normalized spacial score (nSPS) is 13.4. The fourth-order valence-electron chi connectivity index (χ4n) is 5.84. The molecule has 2 aromatic heterocycles. The summed E-state index contributed by atoms with van der Waals surface area (Å²) >= 11 is 0. The minimum atomic E-state index is 0.0861. The number of fused-ring (bicyclic) bond motifs is 4. The van der Waals surface area contributed by atoms with E-state index in [4.69, 9.17) is 9.15 Å². The van der Waals surface area contributed by atoms with Gasteiger partial charge in [-0.3, -0.25) is 0 Å². The Morgan fingerprint density at radius 2 is 1.44 bits per heavy atom. The van der Waals surface area contributed by atoms with Crippen molar-refractivity contribution in [2.24, 2.45) is 17.9 Å². The van der Waals surface area contributed by atoms with Gasteiger partial charge < -0.3 is 9.15 Å². The van der Waals surface area contributed by atoms with Gasteiger partial charge >= 0.3 is 0 Å². The Kier molecular flexibility index (Phi) is 4.87. The highest BCUT2D eigenvalue weighted by molar-refractivity contribution is 6.09. The van der Waals surface area contributed by atoms with Crippen LogP contribution in [0.1, 0.15) is 58.4 Å². The topological polar surface area (TPSA) is 26.2 Å². The number of rotatable bonds is 2. The molecule has 0 unspecified atom stereocenters. The average Bonchev–Trinajstić information content (AvgIpc) is 3.13. The number of hydrogen-bond acceptors (Lipinski definition) is 2. The van der Waals surface area contributed by atoms with Crippen LogP contribution >= 0.6 is 0 Å². The molecule has 0 amide bonds. The highest BCUT2D eigenvalue weighted by Crippen LogP contribution is 2.54. The van der Waals surface area contributed by atoms with E-state index in [0.717, 1.165) is 41.1 Å². The van der Waals surface area contributed by atoms with E-state index in [2.05, 4.69) is 109 Å². The van der Waals surface area contributed by atoms with Crippen LogP contribution < -0.4 is 9.30 Å². The smallest absolute Gasteiger partial charge is 0.231 e. The first-order valence-electron chi connectivity index (χ1n) is 13.0. The molecule has 0 saturated heterocycles. The molecule has 0 radical (unpaired) electrons. The van der Waals surface area contributed by atoms with E-state index in [9.17, 15) is 0 Å². The second-order valence-electron chi connectivity index (χ2n) is 13.0. The summed E-state index contributed by atoms with van der Waals surface area (Å²) in [4.78, 5) is 0. The van der Waals surface area contributed by atoms with Crippen LogP contribution in [0.5, 0.6) is 11.5 Å². The Morgan fingerprint density at radius 3 is 2.08 bits per heavy atom. The number of nitrogens with zero attached hydrogens (tertiary/aromatic N) is 1. The monoisotopic (exact) mass is 478 g/mol. The van der Waals surface area contributed by atoms with Crippen molar-refractivity contribution in [2.75, 3.05) is 0 Å². The summed E-state index contributed by atoms with van der Waals surface area (Å²) in [6.45, 7) is 15.9. The van der Waals surface area contributed by atoms with E-state index in [1.807, 2.05) is 0 Å². The molecule has 1 aliphatic rings. The quantitative estimate of drug-likeness (QED) is 0.184. The molecule has 0 bridgehead atoms. The second kappa shape index (κ2) is 7.59. The molecule has 0 atom stereocenters. The molecule has 3 heteroatoms. The van der Waals surface area contributed by atoms with Crippen LogP contribution in [0.25, 0.3) is 43.8 Å². The van der Waals surface area contributed by atoms with E-state index in [1.165, 1.54) is 43.9 Å². The van der Waals surface area contributed by atoms with Crippen molar-refractivity contribution < 1.29 is 13.7 Å². The Morgan fingerprint density at radius 1 is 0.806 bits per heavy atom. The van der Waals surface area contributed by atoms with Crippen molar-refractivity contribution in [2.45, 2.75) is 61.3 Å². The zero-order chi connectivity index (χ0) is 25.6. The van der Waals surface area contributed by atoms with Crippen LogP contribution in [0, 0.1) is 17.8 Å². The van der Waals surface area contributed by atoms with Crippen molar-refractivity contribution in [3.05, 3.63) is 65.5 Å². The maximum atomic E-state index is 6.99. The first-order valence-corrected chi connectivity index (χ1v) is 13.0. The van der Waals surface area contributed by atoms with Gasteiger partial charge in [-0.2, -0.15) is 4.57 Å². The summed E-state index contributed by atoms with van der Waals surface area (Å²) in [5.41, 5.74) is 6.02. The Bertz CT molecular complexity index is 1690. The molecule has 1 aliphatic heterocycles. The third kappa shape index (κ3) is 3.59. The summed E-state index contributed by atoms with van der Waals surface area (Å²) in [6, 6.07) is 15.5. The third-order valence-corrected chi connectivity index (χ3v) is 7.33. The van der Waals surface area contributed by atoms with Crippen LogP contribution in [-0.2, 0) is 19.9 Å². The van der Waals surface area contributed by atoms with Crippen molar-refractivity contribution in [1.29, 1.82) is 0 Å². The van der Waals surface area contributed by atoms with Crippen molar-refractivity contribution >= 4 is 32.5 Å². The SMILES string of the molecule is Cc1c2c(c(CC(C)(C)C)c3cc4ccccc4cc13)Oc1c(CC(C)(C)C)oc3cc[n+](C)c-2c13. The predicted octanol–water partition coefficient (Wildman–Crippen LogP) is 8.82. The van der Waals surface area contributed by atoms with Crippen molar-refractivity contribution in [3.8, 4) is 22.8 Å². The van der Waals surface area contributed by atoms with Gasteiger partial charge in [0.25, 0.3) is 0 Å². The van der Waals surface area contributed by atoms with Crippen molar-refractivity contribution in [1.82, 2.24) is 0 Å². The molecular formula is C33H36NO2+. The second-order valence-corrected chi connectivity index (χ2v) is 13.0. The number of ether oxygens (including phenoxy) is 1. The van der Waals surface area contributed by atoms with Crippen LogP contribution in [0.3, 0.4) is 0 Å². The van der Waals surface area contributed by atoms with E-state index in [1.54, 1.807) is 0 Å². The lowest BCUT2D eigenvalue weighted by atomic mass is 9.81. The molecule has 3 nitrogen and oxygen atoms in total. The van der Waals surface area contributed by atoms with E-state index in [0.29, 0.717) is 0 Å². The van der Waals surface area contributed by atoms with Crippen LogP contribution in [0.15, 0.2) is 53.1 Å². The zero-order valence-electron chi connectivity index (χ0n) is 22.8. The molecule has 0 fully saturated rings. The number of benzene rings is 3. The molecule has 3 heterocycles. The van der Waals surface area contributed by atoms with Gasteiger partial charge in [-0.05, 0) is 63.4 Å². The molecule has 6 rings (SSSR count). The summed E-state index contributed by atoms with van der Waals surface area (Å²) in [7, 11) is 2.14. The van der Waals surface area contributed by atoms with Gasteiger partial charge in [0, 0.05) is 18.1 Å². The summed E-state index contributed by atoms with van der Waals surface area (Å²) in [6.07, 6.45) is 3.86. The molecule has 5 aromatic rings.